The highest BCUT2D eigenvalue weighted by atomic mass is 15.2. The predicted octanol–water partition coefficient (Wildman–Crippen LogP) is -0.0626. The van der Waals surface area contributed by atoms with Crippen LogP contribution >= 0.6 is 0 Å². The molecular formula is C10H14N6. The third-order valence-corrected chi connectivity index (χ3v) is 2.23. The molecule has 16 heavy (non-hydrogen) atoms. The summed E-state index contributed by atoms with van der Waals surface area (Å²) < 4.78 is 1.92. The minimum absolute atomic E-state index is 0.679. The molecule has 0 saturated carbocycles. The SMILES string of the molecule is Cn1cnnc1CCNCc1ncccn1. The molecule has 1 N–H and O–H groups in total. The second-order valence-electron chi connectivity index (χ2n) is 3.45. The largest absolute Gasteiger partial charge is 0.321 e. The Balaban J connectivity index is 1.72. The van der Waals surface area contributed by atoms with Gasteiger partial charge in [0.2, 0.25) is 0 Å². The maximum Gasteiger partial charge on any atom is 0.141 e. The Morgan fingerprint density at radius 3 is 2.81 bits per heavy atom. The summed E-state index contributed by atoms with van der Waals surface area (Å²) in [6.45, 7) is 1.52. The number of aromatic nitrogens is 5. The molecule has 2 aromatic rings. The molecule has 0 atom stereocenters. The summed E-state index contributed by atoms with van der Waals surface area (Å²) in [7, 11) is 1.94. The van der Waals surface area contributed by atoms with Crippen molar-refractivity contribution in [3.05, 3.63) is 36.4 Å². The van der Waals surface area contributed by atoms with Gasteiger partial charge in [0.15, 0.2) is 0 Å². The molecule has 0 amide bonds. The Hall–Kier alpha value is -1.82. The van der Waals surface area contributed by atoms with Gasteiger partial charge in [0.25, 0.3) is 0 Å². The van der Waals surface area contributed by atoms with Crippen LogP contribution in [0.4, 0.5) is 0 Å². The van der Waals surface area contributed by atoms with Gasteiger partial charge in [-0.1, -0.05) is 0 Å². The van der Waals surface area contributed by atoms with E-state index in [-0.39, 0.29) is 0 Å². The van der Waals surface area contributed by atoms with Gasteiger partial charge in [-0.2, -0.15) is 0 Å². The lowest BCUT2D eigenvalue weighted by atomic mass is 10.4. The average Bonchev–Trinajstić information content (AvgIpc) is 2.72. The fourth-order valence-corrected chi connectivity index (χ4v) is 1.36. The number of nitrogens with one attached hydrogen (secondary N) is 1. The molecule has 6 nitrogen and oxygen atoms in total. The summed E-state index contributed by atoms with van der Waals surface area (Å²) in [5, 5.41) is 11.1. The summed E-state index contributed by atoms with van der Waals surface area (Å²) in [4.78, 5) is 8.25. The molecule has 2 heterocycles. The molecule has 84 valence electrons. The van der Waals surface area contributed by atoms with Gasteiger partial charge >= 0.3 is 0 Å². The van der Waals surface area contributed by atoms with Gasteiger partial charge in [0.05, 0.1) is 6.54 Å². The number of nitrogens with zero attached hydrogens (tertiary/aromatic N) is 5. The van der Waals surface area contributed by atoms with Crippen molar-refractivity contribution >= 4 is 0 Å². The van der Waals surface area contributed by atoms with Crippen LogP contribution in [0.3, 0.4) is 0 Å². The quantitative estimate of drug-likeness (QED) is 0.712. The van der Waals surface area contributed by atoms with E-state index in [1.165, 1.54) is 0 Å². The first kappa shape index (κ1) is 10.7. The molecule has 6 heteroatoms. The van der Waals surface area contributed by atoms with E-state index in [1.54, 1.807) is 18.7 Å². The van der Waals surface area contributed by atoms with E-state index in [1.807, 2.05) is 17.7 Å². The molecule has 0 radical (unpaired) electrons. The van der Waals surface area contributed by atoms with Crippen molar-refractivity contribution in [2.45, 2.75) is 13.0 Å². The smallest absolute Gasteiger partial charge is 0.141 e. The van der Waals surface area contributed by atoms with Gasteiger partial charge < -0.3 is 9.88 Å². The second kappa shape index (κ2) is 5.32. The fraction of sp³-hybridized carbons (Fsp3) is 0.400. The van der Waals surface area contributed by atoms with Crippen LogP contribution in [0.25, 0.3) is 0 Å². The minimum atomic E-state index is 0.679. The highest BCUT2D eigenvalue weighted by molar-refractivity contribution is 4.89. The van der Waals surface area contributed by atoms with Crippen LogP contribution in [-0.2, 0) is 20.0 Å². The van der Waals surface area contributed by atoms with Gasteiger partial charge in [0.1, 0.15) is 18.0 Å². The molecule has 0 aliphatic carbocycles. The number of hydrogen-bond donors (Lipinski definition) is 1. The van der Waals surface area contributed by atoms with E-state index >= 15 is 0 Å². The molecule has 0 aromatic carbocycles. The monoisotopic (exact) mass is 218 g/mol. The van der Waals surface area contributed by atoms with Crippen LogP contribution in [0.2, 0.25) is 0 Å². The van der Waals surface area contributed by atoms with Crippen molar-refractivity contribution in [2.75, 3.05) is 6.54 Å². The van der Waals surface area contributed by atoms with Crippen molar-refractivity contribution in [1.29, 1.82) is 0 Å². The lowest BCUT2D eigenvalue weighted by Crippen LogP contribution is -2.19. The van der Waals surface area contributed by atoms with Crippen LogP contribution in [0.15, 0.2) is 24.8 Å². The summed E-state index contributed by atoms with van der Waals surface area (Å²) in [5.74, 6) is 1.78. The van der Waals surface area contributed by atoms with Gasteiger partial charge in [-0.15, -0.1) is 10.2 Å². The maximum absolute atomic E-state index is 4.12. The van der Waals surface area contributed by atoms with Gasteiger partial charge in [-0.3, -0.25) is 0 Å². The summed E-state index contributed by atoms with van der Waals surface area (Å²) in [5.41, 5.74) is 0. The van der Waals surface area contributed by atoms with Crippen LogP contribution in [0.1, 0.15) is 11.6 Å². The molecule has 0 spiro atoms. The molecule has 2 rings (SSSR count). The highest BCUT2D eigenvalue weighted by Crippen LogP contribution is 1.92. The zero-order chi connectivity index (χ0) is 11.2. The first-order valence-corrected chi connectivity index (χ1v) is 5.16. The van der Waals surface area contributed by atoms with Crippen molar-refractivity contribution in [1.82, 2.24) is 30.0 Å². The highest BCUT2D eigenvalue weighted by Gasteiger charge is 2.00. The van der Waals surface area contributed by atoms with Crippen molar-refractivity contribution in [3.63, 3.8) is 0 Å². The van der Waals surface area contributed by atoms with Gasteiger partial charge in [-0.05, 0) is 6.07 Å². The Morgan fingerprint density at radius 1 is 1.31 bits per heavy atom. The molecular weight excluding hydrogens is 204 g/mol. The van der Waals surface area contributed by atoms with Crippen LogP contribution in [-0.4, -0.2) is 31.3 Å². The molecule has 0 fully saturated rings. The normalized spacial score (nSPS) is 10.6. The van der Waals surface area contributed by atoms with Crippen LogP contribution < -0.4 is 5.32 Å². The van der Waals surface area contributed by atoms with E-state index in [9.17, 15) is 0 Å². The fourth-order valence-electron chi connectivity index (χ4n) is 1.36. The summed E-state index contributed by atoms with van der Waals surface area (Å²) in [6.07, 6.45) is 6.04. The Labute approximate surface area is 93.8 Å². The molecule has 0 aliphatic heterocycles. The van der Waals surface area contributed by atoms with Crippen molar-refractivity contribution in [2.24, 2.45) is 7.05 Å². The zero-order valence-corrected chi connectivity index (χ0v) is 9.17. The predicted molar refractivity (Wildman–Crippen MR) is 58.4 cm³/mol. The van der Waals surface area contributed by atoms with Crippen LogP contribution in [0, 0.1) is 0 Å². The number of rotatable bonds is 5. The molecule has 2 aromatic heterocycles. The standard InChI is InChI=1S/C10H14N6/c1-16-8-14-15-10(16)3-6-11-7-9-12-4-2-5-13-9/h2,4-5,8,11H,3,6-7H2,1H3. The summed E-state index contributed by atoms with van der Waals surface area (Å²) >= 11 is 0. The van der Waals surface area contributed by atoms with E-state index in [2.05, 4.69) is 25.5 Å². The average molecular weight is 218 g/mol. The lowest BCUT2D eigenvalue weighted by molar-refractivity contribution is 0.634. The summed E-state index contributed by atoms with van der Waals surface area (Å²) in [6, 6.07) is 1.81. The topological polar surface area (TPSA) is 68.5 Å². The lowest BCUT2D eigenvalue weighted by Gasteiger charge is -2.02. The Bertz CT molecular complexity index is 424. The first-order chi connectivity index (χ1) is 7.86. The minimum Gasteiger partial charge on any atom is -0.321 e. The third kappa shape index (κ3) is 2.83. The van der Waals surface area contributed by atoms with Crippen molar-refractivity contribution in [3.8, 4) is 0 Å². The Kier molecular flexibility index (Phi) is 3.55. The number of aryl methyl sites for hydroxylation is 1. The van der Waals surface area contributed by atoms with Gasteiger partial charge in [0, 0.05) is 32.4 Å². The number of hydrogen-bond acceptors (Lipinski definition) is 5. The second-order valence-corrected chi connectivity index (χ2v) is 3.45. The maximum atomic E-state index is 4.12. The van der Waals surface area contributed by atoms with E-state index in [4.69, 9.17) is 0 Å². The molecule has 0 bridgehead atoms. The van der Waals surface area contributed by atoms with E-state index < -0.39 is 0 Å². The van der Waals surface area contributed by atoms with E-state index in [0.717, 1.165) is 24.6 Å². The van der Waals surface area contributed by atoms with Crippen LogP contribution in [0.5, 0.6) is 0 Å². The Morgan fingerprint density at radius 2 is 2.12 bits per heavy atom. The van der Waals surface area contributed by atoms with E-state index in [0.29, 0.717) is 6.54 Å². The molecule has 0 aliphatic rings. The molecule has 0 saturated heterocycles. The first-order valence-electron chi connectivity index (χ1n) is 5.16. The zero-order valence-electron chi connectivity index (χ0n) is 9.17. The third-order valence-electron chi connectivity index (χ3n) is 2.23. The molecule has 0 unspecified atom stereocenters. The van der Waals surface area contributed by atoms with Crippen molar-refractivity contribution < 1.29 is 0 Å². The van der Waals surface area contributed by atoms with Gasteiger partial charge in [-0.25, -0.2) is 9.97 Å².